The van der Waals surface area contributed by atoms with Gasteiger partial charge >= 0.3 is 0 Å². The third-order valence-corrected chi connectivity index (χ3v) is 3.36. The third kappa shape index (κ3) is 3.07. The lowest BCUT2D eigenvalue weighted by atomic mass is 10.3. The molecule has 0 saturated carbocycles. The summed E-state index contributed by atoms with van der Waals surface area (Å²) < 4.78 is 23.4. The number of rotatable bonds is 3. The maximum absolute atomic E-state index is 11.7. The number of nitrogens with one attached hydrogen (secondary N) is 1. The highest BCUT2D eigenvalue weighted by atomic mass is 35.5. The number of anilines is 1. The fourth-order valence-electron chi connectivity index (χ4n) is 1.05. The van der Waals surface area contributed by atoms with E-state index in [0.29, 0.717) is 5.02 Å². The number of sulfonamides is 1. The van der Waals surface area contributed by atoms with Crippen molar-refractivity contribution in [1.29, 1.82) is 0 Å². The molecule has 15 heavy (non-hydrogen) atoms. The summed E-state index contributed by atoms with van der Waals surface area (Å²) in [4.78, 5) is 2.29. The zero-order valence-corrected chi connectivity index (χ0v) is 9.93. The van der Waals surface area contributed by atoms with Crippen molar-refractivity contribution in [2.24, 2.45) is 0 Å². The maximum atomic E-state index is 11.7. The second kappa shape index (κ2) is 4.36. The standard InChI is InChI=1S/C8H12ClN3O2S/c1-12(2)11-15(13,14)8-4-3-6(9)5-7(8)10/h3-5,11H,10H2,1-2H3. The average molecular weight is 250 g/mol. The molecule has 1 rings (SSSR count). The van der Waals surface area contributed by atoms with Crippen LogP contribution in [0.15, 0.2) is 23.1 Å². The molecular weight excluding hydrogens is 238 g/mol. The van der Waals surface area contributed by atoms with Gasteiger partial charge < -0.3 is 5.73 Å². The molecule has 0 amide bonds. The molecule has 0 spiro atoms. The van der Waals surface area contributed by atoms with Crippen molar-refractivity contribution in [2.45, 2.75) is 4.90 Å². The lowest BCUT2D eigenvalue weighted by Gasteiger charge is -2.13. The highest BCUT2D eigenvalue weighted by Crippen LogP contribution is 2.22. The summed E-state index contributed by atoms with van der Waals surface area (Å²) in [6.07, 6.45) is 0. The predicted octanol–water partition coefficient (Wildman–Crippen LogP) is 0.677. The molecule has 0 aliphatic carbocycles. The van der Waals surface area contributed by atoms with E-state index >= 15 is 0 Å². The predicted molar refractivity (Wildman–Crippen MR) is 59.9 cm³/mol. The molecule has 0 heterocycles. The van der Waals surface area contributed by atoms with Crippen LogP contribution in [0.1, 0.15) is 0 Å². The minimum absolute atomic E-state index is 0.0144. The van der Waals surface area contributed by atoms with Crippen LogP contribution in [0.25, 0.3) is 0 Å². The summed E-state index contributed by atoms with van der Waals surface area (Å²) in [5, 5.41) is 1.72. The van der Waals surface area contributed by atoms with Crippen LogP contribution >= 0.6 is 11.6 Å². The van der Waals surface area contributed by atoms with Gasteiger partial charge in [-0.1, -0.05) is 11.6 Å². The van der Waals surface area contributed by atoms with Gasteiger partial charge in [0.1, 0.15) is 4.90 Å². The van der Waals surface area contributed by atoms with Crippen molar-refractivity contribution in [2.75, 3.05) is 19.8 Å². The van der Waals surface area contributed by atoms with Crippen LogP contribution in [0.4, 0.5) is 5.69 Å². The van der Waals surface area contributed by atoms with Gasteiger partial charge in [-0.15, -0.1) is 4.83 Å². The van der Waals surface area contributed by atoms with E-state index in [2.05, 4.69) is 4.83 Å². The Morgan fingerprint density at radius 2 is 2.00 bits per heavy atom. The van der Waals surface area contributed by atoms with Gasteiger partial charge in [0.15, 0.2) is 0 Å². The van der Waals surface area contributed by atoms with E-state index in [1.165, 1.54) is 23.2 Å². The van der Waals surface area contributed by atoms with Gasteiger partial charge in [-0.25, -0.2) is 13.4 Å². The molecular formula is C8H12ClN3O2S. The molecule has 1 aromatic rings. The minimum Gasteiger partial charge on any atom is -0.398 e. The Hall–Kier alpha value is -0.820. The number of hydrazine groups is 1. The van der Waals surface area contributed by atoms with Crippen molar-refractivity contribution in [1.82, 2.24) is 9.84 Å². The molecule has 3 N–H and O–H groups in total. The average Bonchev–Trinajstić information content (AvgIpc) is 1.99. The van der Waals surface area contributed by atoms with Gasteiger partial charge in [-0.05, 0) is 18.2 Å². The van der Waals surface area contributed by atoms with Gasteiger partial charge in [0.25, 0.3) is 10.0 Å². The number of hydrogen-bond acceptors (Lipinski definition) is 4. The number of nitrogen functional groups attached to an aromatic ring is 1. The first-order valence-electron chi connectivity index (χ1n) is 4.08. The number of benzene rings is 1. The van der Waals surface area contributed by atoms with Gasteiger partial charge in [0.2, 0.25) is 0 Å². The summed E-state index contributed by atoms with van der Waals surface area (Å²) in [6, 6.07) is 4.23. The fraction of sp³-hybridized carbons (Fsp3) is 0.250. The molecule has 0 aromatic heterocycles. The molecule has 1 aromatic carbocycles. The first kappa shape index (κ1) is 12.3. The second-order valence-electron chi connectivity index (χ2n) is 3.17. The Balaban J connectivity index is 3.16. The maximum Gasteiger partial charge on any atom is 0.255 e. The van der Waals surface area contributed by atoms with Crippen molar-refractivity contribution >= 4 is 27.3 Å². The molecule has 7 heteroatoms. The van der Waals surface area contributed by atoms with E-state index in [0.717, 1.165) is 0 Å². The third-order valence-electron chi connectivity index (χ3n) is 1.56. The van der Waals surface area contributed by atoms with Crippen molar-refractivity contribution in [3.63, 3.8) is 0 Å². The number of hydrogen-bond donors (Lipinski definition) is 2. The van der Waals surface area contributed by atoms with Crippen molar-refractivity contribution < 1.29 is 8.42 Å². The first-order valence-corrected chi connectivity index (χ1v) is 5.94. The van der Waals surface area contributed by atoms with Crippen LogP contribution in [-0.2, 0) is 10.0 Å². The molecule has 0 saturated heterocycles. The molecule has 0 unspecified atom stereocenters. The van der Waals surface area contributed by atoms with E-state index in [9.17, 15) is 8.42 Å². The van der Waals surface area contributed by atoms with E-state index in [1.54, 1.807) is 14.1 Å². The van der Waals surface area contributed by atoms with Crippen LogP contribution in [0.2, 0.25) is 5.02 Å². The van der Waals surface area contributed by atoms with Crippen LogP contribution in [0.3, 0.4) is 0 Å². The Bertz CT molecular complexity index is 459. The molecule has 84 valence electrons. The topological polar surface area (TPSA) is 75.4 Å². The molecule has 0 bridgehead atoms. The molecule has 0 aliphatic heterocycles. The zero-order valence-electron chi connectivity index (χ0n) is 8.36. The normalized spacial score (nSPS) is 12.0. The van der Waals surface area contributed by atoms with Crippen LogP contribution in [0.5, 0.6) is 0 Å². The molecule has 0 atom stereocenters. The Morgan fingerprint density at radius 3 is 2.47 bits per heavy atom. The smallest absolute Gasteiger partial charge is 0.255 e. The lowest BCUT2D eigenvalue weighted by molar-refractivity contribution is 0.364. The van der Waals surface area contributed by atoms with E-state index in [4.69, 9.17) is 17.3 Å². The van der Waals surface area contributed by atoms with Crippen LogP contribution < -0.4 is 10.6 Å². The summed E-state index contributed by atoms with van der Waals surface area (Å²) in [7, 11) is -0.469. The number of nitrogens with two attached hydrogens (primary N) is 1. The first-order chi connectivity index (χ1) is 6.83. The van der Waals surface area contributed by atoms with E-state index < -0.39 is 10.0 Å². The minimum atomic E-state index is -3.61. The highest BCUT2D eigenvalue weighted by molar-refractivity contribution is 7.89. The van der Waals surface area contributed by atoms with Gasteiger partial charge in [-0.2, -0.15) is 0 Å². The van der Waals surface area contributed by atoms with E-state index in [-0.39, 0.29) is 10.6 Å². The van der Waals surface area contributed by atoms with Crippen LogP contribution in [-0.4, -0.2) is 27.5 Å². The Morgan fingerprint density at radius 1 is 1.40 bits per heavy atom. The SMILES string of the molecule is CN(C)NS(=O)(=O)c1ccc(Cl)cc1N. The van der Waals surface area contributed by atoms with Gasteiger partial charge in [-0.3, -0.25) is 0 Å². The number of nitrogens with zero attached hydrogens (tertiary/aromatic N) is 1. The summed E-state index contributed by atoms with van der Waals surface area (Å²) in [5.41, 5.74) is 5.68. The van der Waals surface area contributed by atoms with Gasteiger partial charge in [0.05, 0.1) is 5.69 Å². The lowest BCUT2D eigenvalue weighted by Crippen LogP contribution is -2.36. The molecule has 0 radical (unpaired) electrons. The van der Waals surface area contributed by atoms with E-state index in [1.807, 2.05) is 0 Å². The zero-order chi connectivity index (χ0) is 11.6. The molecule has 0 fully saturated rings. The number of halogens is 1. The Kier molecular flexibility index (Phi) is 3.56. The quantitative estimate of drug-likeness (QED) is 0.610. The monoisotopic (exact) mass is 249 g/mol. The van der Waals surface area contributed by atoms with Gasteiger partial charge in [0, 0.05) is 19.1 Å². The fourth-order valence-corrected chi connectivity index (χ4v) is 2.43. The Labute approximate surface area is 93.8 Å². The summed E-state index contributed by atoms with van der Waals surface area (Å²) in [6.45, 7) is 0. The molecule has 0 aliphatic rings. The van der Waals surface area contributed by atoms with Crippen molar-refractivity contribution in [3.05, 3.63) is 23.2 Å². The van der Waals surface area contributed by atoms with Crippen molar-refractivity contribution in [3.8, 4) is 0 Å². The molecule has 5 nitrogen and oxygen atoms in total. The second-order valence-corrected chi connectivity index (χ2v) is 5.24. The summed E-state index contributed by atoms with van der Waals surface area (Å²) >= 11 is 5.67. The largest absolute Gasteiger partial charge is 0.398 e. The highest BCUT2D eigenvalue weighted by Gasteiger charge is 2.17. The summed E-state index contributed by atoms with van der Waals surface area (Å²) in [5.74, 6) is 0. The van der Waals surface area contributed by atoms with Crippen LogP contribution in [0, 0.1) is 0 Å².